The van der Waals surface area contributed by atoms with Gasteiger partial charge in [-0.25, -0.2) is 4.98 Å². The summed E-state index contributed by atoms with van der Waals surface area (Å²) in [5, 5.41) is 4.67. The molecule has 0 spiro atoms. The quantitative estimate of drug-likeness (QED) is 0.810. The van der Waals surface area contributed by atoms with Gasteiger partial charge < -0.3 is 5.32 Å². The first-order valence-corrected chi connectivity index (χ1v) is 7.79. The summed E-state index contributed by atoms with van der Waals surface area (Å²) < 4.78 is 0. The summed E-state index contributed by atoms with van der Waals surface area (Å²) in [5.41, 5.74) is 0. The third-order valence-electron chi connectivity index (χ3n) is 1.96. The van der Waals surface area contributed by atoms with Crippen LogP contribution >= 0.6 is 23.1 Å². The summed E-state index contributed by atoms with van der Waals surface area (Å²) in [4.78, 5) is 5.79. The molecule has 0 amide bonds. The highest BCUT2D eigenvalue weighted by molar-refractivity contribution is 7.98. The van der Waals surface area contributed by atoms with Crippen LogP contribution in [0.2, 0.25) is 0 Å². The predicted molar refractivity (Wildman–Crippen MR) is 75.1 cm³/mol. The van der Waals surface area contributed by atoms with Gasteiger partial charge in [0.05, 0.1) is 0 Å². The molecular weight excluding hydrogens is 236 g/mol. The monoisotopic (exact) mass is 258 g/mol. The van der Waals surface area contributed by atoms with Crippen molar-refractivity contribution >= 4 is 23.1 Å². The molecule has 2 nitrogen and oxygen atoms in total. The van der Waals surface area contributed by atoms with Crippen molar-refractivity contribution in [2.45, 2.75) is 46.0 Å². The van der Waals surface area contributed by atoms with Crippen LogP contribution in [0.25, 0.3) is 0 Å². The molecule has 0 unspecified atom stereocenters. The van der Waals surface area contributed by atoms with Crippen LogP contribution in [0.5, 0.6) is 0 Å². The fourth-order valence-electron chi connectivity index (χ4n) is 1.18. The van der Waals surface area contributed by atoms with Crippen molar-refractivity contribution in [2.75, 3.05) is 5.75 Å². The highest BCUT2D eigenvalue weighted by Gasteiger charge is 2.03. The normalized spacial score (nSPS) is 11.6. The third kappa shape index (κ3) is 5.87. The molecule has 0 aliphatic rings. The van der Waals surface area contributed by atoms with E-state index in [1.165, 1.54) is 15.6 Å². The van der Waals surface area contributed by atoms with Crippen LogP contribution in [-0.2, 0) is 12.3 Å². The molecule has 16 heavy (non-hydrogen) atoms. The average Bonchev–Trinajstić information content (AvgIpc) is 2.62. The standard InChI is InChI=1S/C12H22N2S2/c1-9(2)7-15-8-12-14-6-11(16-12)5-13-10(3)4/h6,9-10,13H,5,7-8H2,1-4H3. The lowest BCUT2D eigenvalue weighted by Crippen LogP contribution is -2.21. The SMILES string of the molecule is CC(C)CSCc1ncc(CNC(C)C)s1. The summed E-state index contributed by atoms with van der Waals surface area (Å²) in [6.07, 6.45) is 2.01. The molecule has 0 saturated heterocycles. The topological polar surface area (TPSA) is 24.9 Å². The molecule has 0 aromatic carbocycles. The second kappa shape index (κ2) is 7.30. The van der Waals surface area contributed by atoms with Crippen LogP contribution in [0.3, 0.4) is 0 Å². The lowest BCUT2D eigenvalue weighted by molar-refractivity contribution is 0.593. The zero-order chi connectivity index (χ0) is 12.0. The highest BCUT2D eigenvalue weighted by Crippen LogP contribution is 2.20. The minimum atomic E-state index is 0.542. The van der Waals surface area contributed by atoms with Crippen LogP contribution in [0.15, 0.2) is 6.20 Å². The number of nitrogens with zero attached hydrogens (tertiary/aromatic N) is 1. The molecule has 1 heterocycles. The summed E-state index contributed by atoms with van der Waals surface area (Å²) in [7, 11) is 0. The van der Waals surface area contributed by atoms with Gasteiger partial charge in [-0.05, 0) is 11.7 Å². The van der Waals surface area contributed by atoms with Gasteiger partial charge in [0.15, 0.2) is 0 Å². The second-order valence-corrected chi connectivity index (χ2v) is 6.89. The first-order valence-electron chi connectivity index (χ1n) is 5.82. The van der Waals surface area contributed by atoms with E-state index in [9.17, 15) is 0 Å². The Morgan fingerprint density at radius 2 is 2.12 bits per heavy atom. The third-order valence-corrected chi connectivity index (χ3v) is 4.52. The van der Waals surface area contributed by atoms with Gasteiger partial charge in [0.1, 0.15) is 5.01 Å². The van der Waals surface area contributed by atoms with Gasteiger partial charge >= 0.3 is 0 Å². The molecule has 0 fully saturated rings. The second-order valence-electron chi connectivity index (χ2n) is 4.66. The van der Waals surface area contributed by atoms with E-state index < -0.39 is 0 Å². The summed E-state index contributed by atoms with van der Waals surface area (Å²) in [6, 6.07) is 0.542. The van der Waals surface area contributed by atoms with Crippen molar-refractivity contribution in [3.63, 3.8) is 0 Å². The maximum absolute atomic E-state index is 4.45. The molecular formula is C12H22N2S2. The van der Waals surface area contributed by atoms with Gasteiger partial charge in [0.25, 0.3) is 0 Å². The van der Waals surface area contributed by atoms with Gasteiger partial charge in [-0.15, -0.1) is 11.3 Å². The maximum atomic E-state index is 4.45. The van der Waals surface area contributed by atoms with E-state index in [0.29, 0.717) is 6.04 Å². The van der Waals surface area contributed by atoms with Crippen LogP contribution in [0.4, 0.5) is 0 Å². The molecule has 1 aromatic rings. The van der Waals surface area contributed by atoms with Gasteiger partial charge in [-0.3, -0.25) is 0 Å². The van der Waals surface area contributed by atoms with Gasteiger partial charge in [0, 0.05) is 29.4 Å². The van der Waals surface area contributed by atoms with Crippen LogP contribution in [-0.4, -0.2) is 16.8 Å². The molecule has 0 aliphatic carbocycles. The van der Waals surface area contributed by atoms with E-state index in [1.54, 1.807) is 0 Å². The fourth-order valence-corrected chi connectivity index (χ4v) is 3.18. The molecule has 0 atom stereocenters. The molecule has 1 N–H and O–H groups in total. The Labute approximate surface area is 107 Å². The van der Waals surface area contributed by atoms with Gasteiger partial charge in [-0.2, -0.15) is 11.8 Å². The van der Waals surface area contributed by atoms with Crippen molar-refractivity contribution in [3.05, 3.63) is 16.1 Å². The summed E-state index contributed by atoms with van der Waals surface area (Å²) in [5.74, 6) is 3.05. The Balaban J connectivity index is 2.28. The molecule has 1 aromatic heterocycles. The van der Waals surface area contributed by atoms with E-state index in [-0.39, 0.29) is 0 Å². The van der Waals surface area contributed by atoms with Crippen LogP contribution < -0.4 is 5.32 Å². The van der Waals surface area contributed by atoms with Crippen molar-refractivity contribution in [3.8, 4) is 0 Å². The Hall–Kier alpha value is -0.0600. The number of hydrogen-bond acceptors (Lipinski definition) is 4. The van der Waals surface area contributed by atoms with Crippen LogP contribution in [0, 0.1) is 5.92 Å². The minimum absolute atomic E-state index is 0.542. The first-order chi connectivity index (χ1) is 7.58. The Kier molecular flexibility index (Phi) is 6.39. The molecule has 0 bridgehead atoms. The molecule has 0 saturated carbocycles. The molecule has 1 rings (SSSR count). The van der Waals surface area contributed by atoms with E-state index in [0.717, 1.165) is 18.2 Å². The molecule has 0 aliphatic heterocycles. The Morgan fingerprint density at radius 1 is 1.38 bits per heavy atom. The summed E-state index contributed by atoms with van der Waals surface area (Å²) >= 11 is 3.81. The van der Waals surface area contributed by atoms with E-state index >= 15 is 0 Å². The van der Waals surface area contributed by atoms with Crippen molar-refractivity contribution in [1.82, 2.24) is 10.3 Å². The van der Waals surface area contributed by atoms with E-state index in [2.05, 4.69) is 38.0 Å². The minimum Gasteiger partial charge on any atom is -0.310 e. The van der Waals surface area contributed by atoms with Gasteiger partial charge in [0.2, 0.25) is 0 Å². The maximum Gasteiger partial charge on any atom is 0.103 e. The zero-order valence-corrected chi connectivity index (χ0v) is 12.3. The number of hydrogen-bond donors (Lipinski definition) is 1. The largest absolute Gasteiger partial charge is 0.310 e. The number of thioether (sulfide) groups is 1. The molecule has 92 valence electrons. The smallest absolute Gasteiger partial charge is 0.103 e. The zero-order valence-electron chi connectivity index (χ0n) is 10.6. The highest BCUT2D eigenvalue weighted by atomic mass is 32.2. The van der Waals surface area contributed by atoms with E-state index in [1.807, 2.05) is 29.3 Å². The van der Waals surface area contributed by atoms with Gasteiger partial charge in [-0.1, -0.05) is 27.7 Å². The fraction of sp³-hybridized carbons (Fsp3) is 0.750. The Bertz CT molecular complexity index is 295. The summed E-state index contributed by atoms with van der Waals surface area (Å²) in [6.45, 7) is 9.80. The van der Waals surface area contributed by atoms with E-state index in [4.69, 9.17) is 0 Å². The predicted octanol–water partition coefficient (Wildman–Crippen LogP) is 3.53. The first kappa shape index (κ1) is 14.0. The lowest BCUT2D eigenvalue weighted by Gasteiger charge is -2.04. The lowest BCUT2D eigenvalue weighted by atomic mass is 10.3. The number of thiazole rings is 1. The molecule has 4 heteroatoms. The Morgan fingerprint density at radius 3 is 2.75 bits per heavy atom. The average molecular weight is 258 g/mol. The van der Waals surface area contributed by atoms with Crippen molar-refractivity contribution < 1.29 is 0 Å². The van der Waals surface area contributed by atoms with Crippen LogP contribution in [0.1, 0.15) is 37.6 Å². The van der Waals surface area contributed by atoms with Crippen molar-refractivity contribution in [1.29, 1.82) is 0 Å². The molecule has 0 radical (unpaired) electrons. The number of rotatable bonds is 7. The number of aromatic nitrogens is 1. The number of nitrogens with one attached hydrogen (secondary N) is 1. The van der Waals surface area contributed by atoms with Crippen molar-refractivity contribution in [2.24, 2.45) is 5.92 Å².